The molecule has 1 aliphatic carbocycles. The summed E-state index contributed by atoms with van der Waals surface area (Å²) in [4.78, 5) is 21.2. The molecule has 20 heavy (non-hydrogen) atoms. The number of H-pyrrole nitrogens is 1. The van der Waals surface area contributed by atoms with Crippen molar-refractivity contribution in [3.8, 4) is 0 Å². The molecule has 0 fully saturated rings. The molecule has 0 aliphatic heterocycles. The van der Waals surface area contributed by atoms with Crippen molar-refractivity contribution in [1.29, 1.82) is 0 Å². The highest BCUT2D eigenvalue weighted by Gasteiger charge is 2.22. The fraction of sp³-hybridized carbons (Fsp3) is 0.467. The predicted molar refractivity (Wildman–Crippen MR) is 80.0 cm³/mol. The molecule has 1 amide bonds. The van der Waals surface area contributed by atoms with Crippen LogP contribution in [0, 0.1) is 0 Å². The Labute approximate surface area is 122 Å². The molecule has 2 N–H and O–H groups in total. The monoisotopic (exact) mass is 289 g/mol. The molecule has 1 atom stereocenters. The SMILES string of the molecule is CCC(NC(=O)c1csc2c1CCCC2)c1ncc[nH]1. The second-order valence-electron chi connectivity index (χ2n) is 5.17. The van der Waals surface area contributed by atoms with Crippen LogP contribution in [0.3, 0.4) is 0 Å². The summed E-state index contributed by atoms with van der Waals surface area (Å²) in [5, 5.41) is 5.11. The zero-order chi connectivity index (χ0) is 13.9. The third kappa shape index (κ3) is 2.50. The highest BCUT2D eigenvalue weighted by Crippen LogP contribution is 2.30. The van der Waals surface area contributed by atoms with Gasteiger partial charge in [-0.2, -0.15) is 0 Å². The lowest BCUT2D eigenvalue weighted by Crippen LogP contribution is -2.29. The van der Waals surface area contributed by atoms with Crippen LogP contribution in [-0.2, 0) is 12.8 Å². The van der Waals surface area contributed by atoms with Gasteiger partial charge in [-0.15, -0.1) is 11.3 Å². The average Bonchev–Trinajstić information content (AvgIpc) is 3.13. The number of hydrogen-bond acceptors (Lipinski definition) is 3. The maximum absolute atomic E-state index is 12.5. The maximum atomic E-state index is 12.5. The Morgan fingerprint density at radius 2 is 2.35 bits per heavy atom. The van der Waals surface area contributed by atoms with E-state index in [1.165, 1.54) is 23.3 Å². The summed E-state index contributed by atoms with van der Waals surface area (Å²) in [5.74, 6) is 0.859. The van der Waals surface area contributed by atoms with Crippen LogP contribution < -0.4 is 5.32 Å². The van der Waals surface area contributed by atoms with E-state index in [9.17, 15) is 4.79 Å². The van der Waals surface area contributed by atoms with Crippen molar-refractivity contribution in [3.63, 3.8) is 0 Å². The number of rotatable bonds is 4. The molecule has 0 spiro atoms. The number of thiophene rings is 1. The Morgan fingerprint density at radius 1 is 1.50 bits per heavy atom. The quantitative estimate of drug-likeness (QED) is 0.908. The van der Waals surface area contributed by atoms with E-state index in [0.29, 0.717) is 0 Å². The zero-order valence-electron chi connectivity index (χ0n) is 11.6. The summed E-state index contributed by atoms with van der Waals surface area (Å²) >= 11 is 1.73. The average molecular weight is 289 g/mol. The van der Waals surface area contributed by atoms with Crippen molar-refractivity contribution in [1.82, 2.24) is 15.3 Å². The molecule has 2 aromatic heterocycles. The summed E-state index contributed by atoms with van der Waals surface area (Å²) in [7, 11) is 0. The van der Waals surface area contributed by atoms with Gasteiger partial charge < -0.3 is 10.3 Å². The van der Waals surface area contributed by atoms with Gasteiger partial charge in [0.15, 0.2) is 0 Å². The number of nitrogens with zero attached hydrogens (tertiary/aromatic N) is 1. The van der Waals surface area contributed by atoms with Gasteiger partial charge >= 0.3 is 0 Å². The number of carbonyl (C=O) groups is 1. The fourth-order valence-corrected chi connectivity index (χ4v) is 3.88. The minimum absolute atomic E-state index is 0.0349. The number of aryl methyl sites for hydroxylation is 1. The molecule has 1 unspecified atom stereocenters. The Bertz CT molecular complexity index is 588. The number of nitrogens with one attached hydrogen (secondary N) is 2. The van der Waals surface area contributed by atoms with E-state index in [0.717, 1.165) is 30.7 Å². The van der Waals surface area contributed by atoms with Crippen LogP contribution in [0.4, 0.5) is 0 Å². The van der Waals surface area contributed by atoms with Gasteiger partial charge in [0.1, 0.15) is 5.82 Å². The minimum atomic E-state index is -0.0448. The molecule has 3 rings (SSSR count). The van der Waals surface area contributed by atoms with Gasteiger partial charge in [-0.05, 0) is 37.7 Å². The third-order valence-corrected chi connectivity index (χ3v) is 4.96. The number of amides is 1. The van der Waals surface area contributed by atoms with Crippen LogP contribution in [0.1, 0.15) is 58.9 Å². The molecular formula is C15H19N3OS. The minimum Gasteiger partial charge on any atom is -0.347 e. The van der Waals surface area contributed by atoms with Gasteiger partial charge in [0.2, 0.25) is 0 Å². The number of carbonyl (C=O) groups excluding carboxylic acids is 1. The number of aromatic nitrogens is 2. The first-order chi connectivity index (χ1) is 9.79. The van der Waals surface area contributed by atoms with Gasteiger partial charge in [0.25, 0.3) is 5.91 Å². The van der Waals surface area contributed by atoms with Crippen LogP contribution in [0.25, 0.3) is 0 Å². The first-order valence-electron chi connectivity index (χ1n) is 7.19. The number of hydrogen-bond donors (Lipinski definition) is 2. The molecule has 2 aromatic rings. The standard InChI is InChI=1S/C15H19N3OS/c1-2-12(14-16-7-8-17-14)18-15(19)11-9-20-13-6-4-3-5-10(11)13/h7-9,12H,2-6H2,1H3,(H,16,17)(H,18,19). The molecule has 0 saturated carbocycles. The Morgan fingerprint density at radius 3 is 3.10 bits per heavy atom. The summed E-state index contributed by atoms with van der Waals surface area (Å²) in [6, 6.07) is -0.0448. The Balaban J connectivity index is 1.77. The van der Waals surface area contributed by atoms with Gasteiger partial charge in [-0.25, -0.2) is 4.98 Å². The number of aromatic amines is 1. The highest BCUT2D eigenvalue weighted by molar-refractivity contribution is 7.10. The predicted octanol–water partition coefficient (Wildman–Crippen LogP) is 3.23. The van der Waals surface area contributed by atoms with Crippen LogP contribution in [0.2, 0.25) is 0 Å². The topological polar surface area (TPSA) is 57.8 Å². The summed E-state index contributed by atoms with van der Waals surface area (Å²) in [5.41, 5.74) is 2.14. The van der Waals surface area contributed by atoms with Crippen molar-refractivity contribution in [3.05, 3.63) is 39.6 Å². The molecule has 0 aromatic carbocycles. The number of fused-ring (bicyclic) bond motifs is 1. The van der Waals surface area contributed by atoms with Gasteiger partial charge in [0.05, 0.1) is 11.6 Å². The van der Waals surface area contributed by atoms with Crippen molar-refractivity contribution in [2.75, 3.05) is 0 Å². The molecule has 2 heterocycles. The van der Waals surface area contributed by atoms with Crippen LogP contribution in [-0.4, -0.2) is 15.9 Å². The molecule has 5 heteroatoms. The lowest BCUT2D eigenvalue weighted by atomic mass is 9.95. The van der Waals surface area contributed by atoms with Gasteiger partial charge in [0, 0.05) is 22.7 Å². The molecule has 0 radical (unpaired) electrons. The molecule has 106 valence electrons. The molecular weight excluding hydrogens is 270 g/mol. The van der Waals surface area contributed by atoms with Crippen LogP contribution >= 0.6 is 11.3 Å². The van der Waals surface area contributed by atoms with Gasteiger partial charge in [-0.3, -0.25) is 4.79 Å². The van der Waals surface area contributed by atoms with E-state index in [1.807, 2.05) is 5.38 Å². The smallest absolute Gasteiger partial charge is 0.253 e. The molecule has 4 nitrogen and oxygen atoms in total. The van der Waals surface area contributed by atoms with Crippen molar-refractivity contribution in [2.45, 2.75) is 45.1 Å². The summed E-state index contributed by atoms with van der Waals surface area (Å²) < 4.78 is 0. The van der Waals surface area contributed by atoms with E-state index in [4.69, 9.17) is 0 Å². The molecule has 1 aliphatic rings. The van der Waals surface area contributed by atoms with Crippen molar-refractivity contribution < 1.29 is 4.79 Å². The fourth-order valence-electron chi connectivity index (χ4n) is 2.75. The van der Waals surface area contributed by atoms with Crippen molar-refractivity contribution >= 4 is 17.2 Å². The third-order valence-electron chi connectivity index (χ3n) is 3.87. The first-order valence-corrected chi connectivity index (χ1v) is 8.07. The van der Waals surface area contributed by atoms with E-state index in [2.05, 4.69) is 22.2 Å². The van der Waals surface area contributed by atoms with Gasteiger partial charge in [-0.1, -0.05) is 6.92 Å². The molecule has 0 bridgehead atoms. The lowest BCUT2D eigenvalue weighted by molar-refractivity contribution is 0.0933. The first kappa shape index (κ1) is 13.4. The van der Waals surface area contributed by atoms with E-state index in [-0.39, 0.29) is 11.9 Å². The second-order valence-corrected chi connectivity index (χ2v) is 6.13. The second kappa shape index (κ2) is 5.79. The van der Waals surface area contributed by atoms with Crippen LogP contribution in [0.15, 0.2) is 17.8 Å². The zero-order valence-corrected chi connectivity index (χ0v) is 12.4. The number of imidazole rings is 1. The van der Waals surface area contributed by atoms with E-state index < -0.39 is 0 Å². The Kier molecular flexibility index (Phi) is 3.87. The van der Waals surface area contributed by atoms with E-state index >= 15 is 0 Å². The summed E-state index contributed by atoms with van der Waals surface area (Å²) in [6.07, 6.45) is 8.94. The lowest BCUT2D eigenvalue weighted by Gasteiger charge is -2.16. The maximum Gasteiger partial charge on any atom is 0.253 e. The summed E-state index contributed by atoms with van der Waals surface area (Å²) in [6.45, 7) is 2.05. The van der Waals surface area contributed by atoms with E-state index in [1.54, 1.807) is 23.7 Å². The molecule has 0 saturated heterocycles. The highest BCUT2D eigenvalue weighted by atomic mass is 32.1. The largest absolute Gasteiger partial charge is 0.347 e. The van der Waals surface area contributed by atoms with Crippen LogP contribution in [0.5, 0.6) is 0 Å². The normalized spacial score (nSPS) is 15.7. The Hall–Kier alpha value is -1.62. The van der Waals surface area contributed by atoms with Crippen molar-refractivity contribution in [2.24, 2.45) is 0 Å².